The van der Waals surface area contributed by atoms with Gasteiger partial charge in [0, 0.05) is 29.8 Å². The zero-order valence-electron chi connectivity index (χ0n) is 12.7. The summed E-state index contributed by atoms with van der Waals surface area (Å²) >= 11 is 5.93. The van der Waals surface area contributed by atoms with Gasteiger partial charge < -0.3 is 15.4 Å². The van der Waals surface area contributed by atoms with Crippen molar-refractivity contribution in [1.29, 1.82) is 0 Å². The lowest BCUT2D eigenvalue weighted by Gasteiger charge is -2.24. The first-order chi connectivity index (χ1) is 10.7. The van der Waals surface area contributed by atoms with Crippen LogP contribution in [0.1, 0.15) is 30.2 Å². The lowest BCUT2D eigenvalue weighted by atomic mass is 10.1. The first-order valence-corrected chi connectivity index (χ1v) is 8.04. The molecule has 0 amide bonds. The molecule has 1 fully saturated rings. The average molecular weight is 317 g/mol. The highest BCUT2D eigenvalue weighted by Crippen LogP contribution is 2.24. The van der Waals surface area contributed by atoms with Crippen LogP contribution in [0.5, 0.6) is 0 Å². The molecule has 0 radical (unpaired) electrons. The Labute approximate surface area is 136 Å². The maximum Gasteiger partial charge on any atom is 0.0949 e. The van der Waals surface area contributed by atoms with Crippen molar-refractivity contribution >= 4 is 17.3 Å². The van der Waals surface area contributed by atoms with Crippen molar-refractivity contribution in [3.63, 3.8) is 0 Å². The molecule has 0 saturated carbocycles. The summed E-state index contributed by atoms with van der Waals surface area (Å²) in [6.45, 7) is 4.74. The monoisotopic (exact) mass is 316 g/mol. The van der Waals surface area contributed by atoms with E-state index in [0.717, 1.165) is 30.4 Å². The number of halogens is 1. The van der Waals surface area contributed by atoms with Gasteiger partial charge in [0.2, 0.25) is 0 Å². The molecule has 4 heteroatoms. The molecule has 0 aliphatic carbocycles. The highest BCUT2D eigenvalue weighted by atomic mass is 35.5. The molecule has 1 unspecified atom stereocenters. The summed E-state index contributed by atoms with van der Waals surface area (Å²) in [5.74, 6) is 0. The van der Waals surface area contributed by atoms with E-state index < -0.39 is 0 Å². The molecule has 2 aromatic rings. The van der Waals surface area contributed by atoms with Crippen LogP contribution in [0.3, 0.4) is 0 Å². The molecule has 116 valence electrons. The van der Waals surface area contributed by atoms with Gasteiger partial charge in [-0.05, 0) is 42.3 Å². The second-order valence-electron chi connectivity index (χ2n) is 5.60. The van der Waals surface area contributed by atoms with E-state index in [0.29, 0.717) is 0 Å². The van der Waals surface area contributed by atoms with Crippen LogP contribution in [-0.2, 0) is 4.74 Å². The molecule has 2 aromatic carbocycles. The predicted molar refractivity (Wildman–Crippen MR) is 91.5 cm³/mol. The minimum atomic E-state index is 0.163. The van der Waals surface area contributed by atoms with E-state index in [-0.39, 0.29) is 12.1 Å². The zero-order chi connectivity index (χ0) is 15.4. The maximum absolute atomic E-state index is 5.93. The van der Waals surface area contributed by atoms with Crippen LogP contribution in [0.4, 0.5) is 5.69 Å². The van der Waals surface area contributed by atoms with Crippen molar-refractivity contribution in [2.45, 2.75) is 19.1 Å². The quantitative estimate of drug-likeness (QED) is 0.888. The van der Waals surface area contributed by atoms with Crippen molar-refractivity contribution < 1.29 is 4.74 Å². The standard InChI is InChI=1S/C18H21ClN2O/c1-13(14-2-6-16(19)7-3-14)21-17-8-4-15(5-9-17)18-12-20-10-11-22-18/h2-9,13,18,20-21H,10-12H2,1H3/t13-,18?/m1/s1. The van der Waals surface area contributed by atoms with Crippen molar-refractivity contribution in [2.24, 2.45) is 0 Å². The van der Waals surface area contributed by atoms with Gasteiger partial charge in [-0.2, -0.15) is 0 Å². The van der Waals surface area contributed by atoms with Crippen LogP contribution < -0.4 is 10.6 Å². The lowest BCUT2D eigenvalue weighted by molar-refractivity contribution is 0.0277. The van der Waals surface area contributed by atoms with Gasteiger partial charge in [-0.15, -0.1) is 0 Å². The molecule has 1 saturated heterocycles. The average Bonchev–Trinajstić information content (AvgIpc) is 2.57. The van der Waals surface area contributed by atoms with Gasteiger partial charge in [-0.3, -0.25) is 0 Å². The summed E-state index contributed by atoms with van der Waals surface area (Å²) in [5.41, 5.74) is 3.54. The maximum atomic E-state index is 5.93. The Balaban J connectivity index is 1.64. The Morgan fingerprint density at radius 3 is 2.50 bits per heavy atom. The molecule has 1 heterocycles. The van der Waals surface area contributed by atoms with Crippen LogP contribution in [0.15, 0.2) is 48.5 Å². The van der Waals surface area contributed by atoms with Gasteiger partial charge in [0.25, 0.3) is 0 Å². The van der Waals surface area contributed by atoms with Crippen LogP contribution in [0.2, 0.25) is 5.02 Å². The largest absolute Gasteiger partial charge is 0.379 e. The van der Waals surface area contributed by atoms with Crippen molar-refractivity contribution in [3.8, 4) is 0 Å². The van der Waals surface area contributed by atoms with E-state index in [1.807, 2.05) is 12.1 Å². The van der Waals surface area contributed by atoms with E-state index >= 15 is 0 Å². The Morgan fingerprint density at radius 2 is 1.86 bits per heavy atom. The summed E-state index contributed by atoms with van der Waals surface area (Å²) in [6, 6.07) is 16.7. The molecule has 3 rings (SSSR count). The van der Waals surface area contributed by atoms with Gasteiger partial charge >= 0.3 is 0 Å². The van der Waals surface area contributed by atoms with Crippen LogP contribution in [0.25, 0.3) is 0 Å². The number of rotatable bonds is 4. The Morgan fingerprint density at radius 1 is 1.14 bits per heavy atom. The van der Waals surface area contributed by atoms with Crippen molar-refractivity contribution in [3.05, 3.63) is 64.7 Å². The second-order valence-corrected chi connectivity index (χ2v) is 6.04. The molecule has 3 nitrogen and oxygen atoms in total. The number of anilines is 1. The van der Waals surface area contributed by atoms with Gasteiger partial charge in [-0.25, -0.2) is 0 Å². The summed E-state index contributed by atoms with van der Waals surface area (Å²) in [5, 5.41) is 7.63. The zero-order valence-corrected chi connectivity index (χ0v) is 13.4. The first kappa shape index (κ1) is 15.3. The first-order valence-electron chi connectivity index (χ1n) is 7.66. The molecule has 0 aromatic heterocycles. The van der Waals surface area contributed by atoms with E-state index in [1.165, 1.54) is 11.1 Å². The third kappa shape index (κ3) is 3.80. The molecule has 0 bridgehead atoms. The number of morpholine rings is 1. The fourth-order valence-corrected chi connectivity index (χ4v) is 2.78. The molecule has 22 heavy (non-hydrogen) atoms. The Kier molecular flexibility index (Phi) is 4.98. The number of hydrogen-bond donors (Lipinski definition) is 2. The number of ether oxygens (including phenoxy) is 1. The van der Waals surface area contributed by atoms with Gasteiger partial charge in [0.05, 0.1) is 12.7 Å². The van der Waals surface area contributed by atoms with Crippen LogP contribution in [-0.4, -0.2) is 19.7 Å². The normalized spacial score (nSPS) is 19.6. The van der Waals surface area contributed by atoms with Crippen molar-refractivity contribution in [1.82, 2.24) is 5.32 Å². The van der Waals surface area contributed by atoms with E-state index in [4.69, 9.17) is 16.3 Å². The summed E-state index contributed by atoms with van der Waals surface area (Å²) in [6.07, 6.45) is 0.163. The lowest BCUT2D eigenvalue weighted by Crippen LogP contribution is -2.33. The smallest absolute Gasteiger partial charge is 0.0949 e. The van der Waals surface area contributed by atoms with Gasteiger partial charge in [-0.1, -0.05) is 35.9 Å². The van der Waals surface area contributed by atoms with E-state index in [1.54, 1.807) is 0 Å². The Bertz CT molecular complexity index is 591. The van der Waals surface area contributed by atoms with Crippen molar-refractivity contribution in [2.75, 3.05) is 25.0 Å². The molecule has 1 aliphatic heterocycles. The predicted octanol–water partition coefficient (Wildman–Crippen LogP) is 4.17. The Hall–Kier alpha value is -1.55. The van der Waals surface area contributed by atoms with E-state index in [9.17, 15) is 0 Å². The van der Waals surface area contributed by atoms with Gasteiger partial charge in [0.1, 0.15) is 0 Å². The molecule has 0 spiro atoms. The fraction of sp³-hybridized carbons (Fsp3) is 0.333. The number of nitrogens with one attached hydrogen (secondary N) is 2. The molecule has 2 atom stereocenters. The summed E-state index contributed by atoms with van der Waals surface area (Å²) in [7, 11) is 0. The minimum Gasteiger partial charge on any atom is -0.379 e. The third-order valence-corrected chi connectivity index (χ3v) is 4.22. The highest BCUT2D eigenvalue weighted by molar-refractivity contribution is 6.30. The minimum absolute atomic E-state index is 0.163. The van der Waals surface area contributed by atoms with Gasteiger partial charge in [0.15, 0.2) is 0 Å². The second kappa shape index (κ2) is 7.14. The van der Waals surface area contributed by atoms with Crippen LogP contribution in [0, 0.1) is 0 Å². The molecule has 2 N–H and O–H groups in total. The SMILES string of the molecule is C[C@@H](Nc1ccc(C2CNCCO2)cc1)c1ccc(Cl)cc1. The number of benzene rings is 2. The van der Waals surface area contributed by atoms with E-state index in [2.05, 4.69) is 54.0 Å². The highest BCUT2D eigenvalue weighted by Gasteiger charge is 2.15. The summed E-state index contributed by atoms with van der Waals surface area (Å²) < 4.78 is 5.77. The fourth-order valence-electron chi connectivity index (χ4n) is 2.66. The third-order valence-electron chi connectivity index (χ3n) is 3.96. The summed E-state index contributed by atoms with van der Waals surface area (Å²) in [4.78, 5) is 0. The topological polar surface area (TPSA) is 33.3 Å². The molecular formula is C18H21ClN2O. The number of hydrogen-bond acceptors (Lipinski definition) is 3. The molecule has 1 aliphatic rings. The molecular weight excluding hydrogens is 296 g/mol. The van der Waals surface area contributed by atoms with Crippen LogP contribution >= 0.6 is 11.6 Å².